The number of benzene rings is 1. The van der Waals surface area contributed by atoms with E-state index in [-0.39, 0.29) is 12.2 Å². The summed E-state index contributed by atoms with van der Waals surface area (Å²) in [5, 5.41) is 3.16. The zero-order valence-corrected chi connectivity index (χ0v) is 15.0. The van der Waals surface area contributed by atoms with Crippen molar-refractivity contribution in [1.82, 2.24) is 15.1 Å². The van der Waals surface area contributed by atoms with E-state index in [1.807, 2.05) is 0 Å². The van der Waals surface area contributed by atoms with E-state index >= 15 is 0 Å². The molecule has 4 nitrogen and oxygen atoms in total. The van der Waals surface area contributed by atoms with Crippen LogP contribution < -0.4 is 5.32 Å². The number of hydrogen-bond acceptors (Lipinski definition) is 2. The fraction of sp³-hybridized carbons (Fsp3) is 0.632. The van der Waals surface area contributed by atoms with Gasteiger partial charge in [-0.15, -0.1) is 0 Å². The number of fused-ring (bicyclic) bond motifs is 1. The topological polar surface area (TPSA) is 35.6 Å². The number of nitrogens with zero attached hydrogens (tertiary/aromatic N) is 2. The quantitative estimate of drug-likeness (QED) is 0.782. The van der Waals surface area contributed by atoms with E-state index in [1.165, 1.54) is 24.0 Å². The molecule has 1 aromatic carbocycles. The maximum Gasteiger partial charge on any atom is 0.318 e. The second-order valence-corrected chi connectivity index (χ2v) is 6.70. The minimum atomic E-state index is -0.00947. The highest BCUT2D eigenvalue weighted by Crippen LogP contribution is 2.33. The standard InChI is InChI=1S/C19H31N3O/c1-5-13-22(18(6-2)20-19(23)21(3)4)14-16-12-11-15-9-7-8-10-17(15)16/h7-10,16,18H,5-6,11-14H2,1-4H3,(H,20,23). The molecule has 0 aliphatic heterocycles. The third-order valence-corrected chi connectivity index (χ3v) is 4.75. The van der Waals surface area contributed by atoms with Gasteiger partial charge in [-0.1, -0.05) is 38.1 Å². The molecule has 2 atom stereocenters. The predicted octanol–water partition coefficient (Wildman–Crippen LogP) is 3.44. The fourth-order valence-electron chi connectivity index (χ4n) is 3.50. The lowest BCUT2D eigenvalue weighted by molar-refractivity contribution is 0.142. The van der Waals surface area contributed by atoms with E-state index in [1.54, 1.807) is 19.0 Å². The Hall–Kier alpha value is -1.55. The van der Waals surface area contributed by atoms with Crippen molar-refractivity contribution in [1.29, 1.82) is 0 Å². The lowest BCUT2D eigenvalue weighted by atomic mass is 10.0. The van der Waals surface area contributed by atoms with Crippen LogP contribution >= 0.6 is 0 Å². The zero-order chi connectivity index (χ0) is 16.8. The third-order valence-electron chi connectivity index (χ3n) is 4.75. The van der Waals surface area contributed by atoms with Crippen LogP contribution in [0.15, 0.2) is 24.3 Å². The molecule has 4 heteroatoms. The van der Waals surface area contributed by atoms with Crippen LogP contribution in [0.3, 0.4) is 0 Å². The Morgan fingerprint density at radius 3 is 2.70 bits per heavy atom. The number of nitrogens with one attached hydrogen (secondary N) is 1. The maximum atomic E-state index is 12.0. The van der Waals surface area contributed by atoms with E-state index < -0.39 is 0 Å². The second kappa shape index (κ2) is 8.34. The summed E-state index contributed by atoms with van der Waals surface area (Å²) in [6, 6.07) is 8.80. The number of hydrogen-bond donors (Lipinski definition) is 1. The average Bonchev–Trinajstić information content (AvgIpc) is 2.95. The summed E-state index contributed by atoms with van der Waals surface area (Å²) in [4.78, 5) is 16.1. The normalized spacial score (nSPS) is 17.9. The summed E-state index contributed by atoms with van der Waals surface area (Å²) in [6.07, 6.45) is 4.54. The molecule has 2 rings (SSSR count). The van der Waals surface area contributed by atoms with Crippen molar-refractivity contribution in [3.8, 4) is 0 Å². The lowest BCUT2D eigenvalue weighted by Crippen LogP contribution is -2.51. The molecule has 128 valence electrons. The Labute approximate surface area is 140 Å². The van der Waals surface area contributed by atoms with E-state index in [4.69, 9.17) is 0 Å². The van der Waals surface area contributed by atoms with Gasteiger partial charge < -0.3 is 10.2 Å². The number of amides is 2. The van der Waals surface area contributed by atoms with Gasteiger partial charge in [0.2, 0.25) is 0 Å². The molecule has 1 aliphatic carbocycles. The Bertz CT molecular complexity index is 515. The van der Waals surface area contributed by atoms with Crippen molar-refractivity contribution >= 4 is 6.03 Å². The SMILES string of the molecule is CCCN(CC1CCc2ccccc21)C(CC)NC(=O)N(C)C. The van der Waals surface area contributed by atoms with Gasteiger partial charge >= 0.3 is 6.03 Å². The molecule has 2 amide bonds. The number of carbonyl (C=O) groups is 1. The first-order valence-corrected chi connectivity index (χ1v) is 8.86. The van der Waals surface area contributed by atoms with Crippen molar-refractivity contribution in [2.75, 3.05) is 27.2 Å². The summed E-state index contributed by atoms with van der Waals surface area (Å²) in [6.45, 7) is 6.39. The predicted molar refractivity (Wildman–Crippen MR) is 95.7 cm³/mol. The van der Waals surface area contributed by atoms with Crippen LogP contribution in [0.25, 0.3) is 0 Å². The first kappa shape index (κ1) is 17.8. The molecule has 0 saturated heterocycles. The van der Waals surface area contributed by atoms with Gasteiger partial charge in [-0.2, -0.15) is 0 Å². The number of urea groups is 1. The van der Waals surface area contributed by atoms with Gasteiger partial charge in [0, 0.05) is 20.6 Å². The molecule has 23 heavy (non-hydrogen) atoms. The Morgan fingerprint density at radius 1 is 1.30 bits per heavy atom. The largest absolute Gasteiger partial charge is 0.331 e. The highest BCUT2D eigenvalue weighted by Gasteiger charge is 2.27. The molecule has 0 saturated carbocycles. The van der Waals surface area contributed by atoms with Crippen LogP contribution in [0, 0.1) is 0 Å². The van der Waals surface area contributed by atoms with Crippen molar-refractivity contribution in [3.05, 3.63) is 35.4 Å². The molecule has 2 unspecified atom stereocenters. The molecule has 0 aromatic heterocycles. The molecule has 1 N–H and O–H groups in total. The van der Waals surface area contributed by atoms with Gasteiger partial charge in [-0.3, -0.25) is 4.90 Å². The molecule has 0 spiro atoms. The monoisotopic (exact) mass is 317 g/mol. The Morgan fingerprint density at radius 2 is 2.04 bits per heavy atom. The minimum absolute atomic E-state index is 0.00947. The molecule has 0 radical (unpaired) electrons. The van der Waals surface area contributed by atoms with E-state index in [0.717, 1.165) is 25.9 Å². The Kier molecular flexibility index (Phi) is 6.46. The Balaban J connectivity index is 2.07. The van der Waals surface area contributed by atoms with Crippen LogP contribution in [-0.2, 0) is 6.42 Å². The van der Waals surface area contributed by atoms with E-state index in [0.29, 0.717) is 5.92 Å². The summed E-state index contributed by atoms with van der Waals surface area (Å²) < 4.78 is 0. The molecule has 1 aromatic rings. The van der Waals surface area contributed by atoms with Gasteiger partial charge in [0.1, 0.15) is 0 Å². The maximum absolute atomic E-state index is 12.0. The summed E-state index contributed by atoms with van der Waals surface area (Å²) in [7, 11) is 3.58. The molecule has 1 aliphatic rings. The smallest absolute Gasteiger partial charge is 0.318 e. The molecule has 0 heterocycles. The van der Waals surface area contributed by atoms with E-state index in [2.05, 4.69) is 48.3 Å². The molecular formula is C19H31N3O. The first-order valence-electron chi connectivity index (χ1n) is 8.86. The third kappa shape index (κ3) is 4.47. The van der Waals surface area contributed by atoms with Crippen LogP contribution in [0.5, 0.6) is 0 Å². The van der Waals surface area contributed by atoms with Gasteiger partial charge in [-0.25, -0.2) is 4.79 Å². The second-order valence-electron chi connectivity index (χ2n) is 6.70. The van der Waals surface area contributed by atoms with Crippen molar-refractivity contribution in [2.45, 2.75) is 51.6 Å². The van der Waals surface area contributed by atoms with Gasteiger partial charge in [0.25, 0.3) is 0 Å². The molecule has 0 bridgehead atoms. The van der Waals surface area contributed by atoms with Crippen LogP contribution in [0.2, 0.25) is 0 Å². The average molecular weight is 317 g/mol. The highest BCUT2D eigenvalue weighted by atomic mass is 16.2. The van der Waals surface area contributed by atoms with E-state index in [9.17, 15) is 4.79 Å². The zero-order valence-electron chi connectivity index (χ0n) is 15.0. The number of rotatable bonds is 7. The first-order chi connectivity index (χ1) is 11.1. The van der Waals surface area contributed by atoms with Crippen molar-refractivity contribution in [2.24, 2.45) is 0 Å². The summed E-state index contributed by atoms with van der Waals surface area (Å²) in [5.74, 6) is 0.586. The number of carbonyl (C=O) groups excluding carboxylic acids is 1. The van der Waals surface area contributed by atoms with Crippen molar-refractivity contribution < 1.29 is 4.79 Å². The fourth-order valence-corrected chi connectivity index (χ4v) is 3.50. The summed E-state index contributed by atoms with van der Waals surface area (Å²) in [5.41, 5.74) is 3.00. The molecule has 0 fully saturated rings. The summed E-state index contributed by atoms with van der Waals surface area (Å²) >= 11 is 0. The van der Waals surface area contributed by atoms with Crippen LogP contribution in [-0.4, -0.2) is 49.2 Å². The van der Waals surface area contributed by atoms with Gasteiger partial charge in [0.05, 0.1) is 6.17 Å². The lowest BCUT2D eigenvalue weighted by Gasteiger charge is -2.34. The van der Waals surface area contributed by atoms with Gasteiger partial charge in [0.15, 0.2) is 0 Å². The molecular weight excluding hydrogens is 286 g/mol. The van der Waals surface area contributed by atoms with Crippen LogP contribution in [0.4, 0.5) is 4.79 Å². The van der Waals surface area contributed by atoms with Crippen LogP contribution in [0.1, 0.15) is 50.2 Å². The minimum Gasteiger partial charge on any atom is -0.331 e. The highest BCUT2D eigenvalue weighted by molar-refractivity contribution is 5.73. The van der Waals surface area contributed by atoms with Crippen molar-refractivity contribution in [3.63, 3.8) is 0 Å². The number of aryl methyl sites for hydroxylation is 1. The van der Waals surface area contributed by atoms with Gasteiger partial charge in [-0.05, 0) is 49.3 Å².